The van der Waals surface area contributed by atoms with Gasteiger partial charge in [-0.05, 0) is 81.4 Å². The molecule has 4 aliphatic rings. The van der Waals surface area contributed by atoms with Crippen LogP contribution in [-0.2, 0) is 9.59 Å². The number of amides is 2. The molecule has 0 aromatic heterocycles. The van der Waals surface area contributed by atoms with Crippen LogP contribution < -0.4 is 10.7 Å². The number of nitrogens with zero attached hydrogens (tertiary/aromatic N) is 1. The van der Waals surface area contributed by atoms with Gasteiger partial charge in [0.2, 0.25) is 11.8 Å². The summed E-state index contributed by atoms with van der Waals surface area (Å²) in [7, 11) is 0. The van der Waals surface area contributed by atoms with Crippen LogP contribution in [-0.4, -0.2) is 17.5 Å². The Labute approximate surface area is 175 Å². The zero-order valence-electron chi connectivity index (χ0n) is 15.9. The lowest BCUT2D eigenvalue weighted by molar-refractivity contribution is -0.146. The maximum Gasteiger partial charge on any atom is 0.246 e. The van der Waals surface area contributed by atoms with Gasteiger partial charge in [-0.25, -0.2) is 5.43 Å². The topological polar surface area (TPSA) is 70.6 Å². The molecule has 0 radical (unpaired) electrons. The quantitative estimate of drug-likeness (QED) is 0.516. The van der Waals surface area contributed by atoms with Crippen molar-refractivity contribution in [3.63, 3.8) is 0 Å². The van der Waals surface area contributed by atoms with E-state index in [2.05, 4.69) is 15.8 Å². The van der Waals surface area contributed by atoms with Gasteiger partial charge in [-0.15, -0.1) is 0 Å². The maximum atomic E-state index is 12.9. The average molecular weight is 422 g/mol. The lowest BCUT2D eigenvalue weighted by Gasteiger charge is -2.55. The summed E-state index contributed by atoms with van der Waals surface area (Å²) in [4.78, 5) is 25.2. The van der Waals surface area contributed by atoms with Gasteiger partial charge in [0, 0.05) is 10.7 Å². The minimum atomic E-state index is -0.255. The average Bonchev–Trinajstić information content (AvgIpc) is 2.61. The molecule has 1 aromatic rings. The number of halogens is 2. The van der Waals surface area contributed by atoms with E-state index >= 15 is 0 Å². The number of carbonyl (C=O) groups excluding carboxylic acids is 2. The molecule has 0 saturated heterocycles. The number of carbonyl (C=O) groups is 2. The van der Waals surface area contributed by atoms with Crippen LogP contribution in [0, 0.1) is 23.2 Å². The number of hydrogen-bond donors (Lipinski definition) is 2. The lowest BCUT2D eigenvalue weighted by Crippen LogP contribution is -2.52. The first-order valence-corrected chi connectivity index (χ1v) is 10.7. The lowest BCUT2D eigenvalue weighted by atomic mass is 9.49. The summed E-state index contributed by atoms with van der Waals surface area (Å²) < 4.78 is 0. The summed E-state index contributed by atoms with van der Waals surface area (Å²) in [5.74, 6) is 1.89. The van der Waals surface area contributed by atoms with E-state index in [0.717, 1.165) is 19.3 Å². The van der Waals surface area contributed by atoms with Crippen molar-refractivity contribution in [1.82, 2.24) is 5.43 Å². The number of hydrogen-bond acceptors (Lipinski definition) is 3. The zero-order valence-corrected chi connectivity index (χ0v) is 17.4. The molecular formula is C21H25Cl2N3O2. The van der Waals surface area contributed by atoms with E-state index in [1.54, 1.807) is 25.1 Å². The molecule has 1 aromatic carbocycles. The fourth-order valence-electron chi connectivity index (χ4n) is 5.71. The molecule has 0 heterocycles. The molecule has 150 valence electrons. The standard InChI is InChI=1S/C21H25Cl2N3O2/c1-12(4-19(27)24-18-8-16(22)2-3-17(18)23)25-26-20(28)21-9-13-5-14(10-21)7-15(6-13)11-21/h2-3,8,13-15H,4-7,9-11H2,1H3,(H,24,27)(H,26,28)/b25-12-. The number of anilines is 1. The van der Waals surface area contributed by atoms with Crippen molar-refractivity contribution in [2.45, 2.75) is 51.9 Å². The minimum Gasteiger partial charge on any atom is -0.324 e. The molecule has 0 aliphatic heterocycles. The maximum absolute atomic E-state index is 12.9. The molecule has 5 nitrogen and oxygen atoms in total. The number of rotatable bonds is 5. The van der Waals surface area contributed by atoms with E-state index in [4.69, 9.17) is 23.2 Å². The zero-order chi connectivity index (χ0) is 19.9. The second-order valence-corrected chi connectivity index (χ2v) is 9.68. The SMILES string of the molecule is C/C(CC(=O)Nc1cc(Cl)ccc1Cl)=N/NC(=O)C12CC3CC(CC(C3)C1)C2. The summed E-state index contributed by atoms with van der Waals surface area (Å²) in [5.41, 5.74) is 3.52. The molecule has 4 saturated carbocycles. The van der Waals surface area contributed by atoms with Gasteiger partial charge in [-0.2, -0.15) is 5.10 Å². The molecule has 2 N–H and O–H groups in total. The Morgan fingerprint density at radius 2 is 1.71 bits per heavy atom. The fraction of sp³-hybridized carbons (Fsp3) is 0.571. The molecular weight excluding hydrogens is 397 g/mol. The predicted molar refractivity (Wildman–Crippen MR) is 112 cm³/mol. The van der Waals surface area contributed by atoms with Crippen molar-refractivity contribution in [3.05, 3.63) is 28.2 Å². The Hall–Kier alpha value is -1.59. The van der Waals surface area contributed by atoms with Crippen LogP contribution in [0.4, 0.5) is 5.69 Å². The first-order valence-electron chi connectivity index (χ1n) is 9.91. The van der Waals surface area contributed by atoms with E-state index in [1.165, 1.54) is 19.3 Å². The smallest absolute Gasteiger partial charge is 0.246 e. The first kappa shape index (κ1) is 19.7. The third-order valence-corrected chi connectivity index (χ3v) is 7.05. The number of nitrogens with one attached hydrogen (secondary N) is 2. The third kappa shape index (κ3) is 4.06. The van der Waals surface area contributed by atoms with E-state index < -0.39 is 0 Å². The summed E-state index contributed by atoms with van der Waals surface area (Å²) in [5, 5.41) is 7.84. The van der Waals surface area contributed by atoms with Crippen LogP contribution >= 0.6 is 23.2 Å². The minimum absolute atomic E-state index is 0.0317. The van der Waals surface area contributed by atoms with Gasteiger partial charge in [0.25, 0.3) is 0 Å². The highest BCUT2D eigenvalue weighted by molar-refractivity contribution is 6.35. The molecule has 4 bridgehead atoms. The predicted octanol–water partition coefficient (Wildman–Crippen LogP) is 5.03. The van der Waals surface area contributed by atoms with Crippen LogP contribution in [0.3, 0.4) is 0 Å². The first-order chi connectivity index (χ1) is 13.3. The molecule has 7 heteroatoms. The summed E-state index contributed by atoms with van der Waals surface area (Å²) in [6.45, 7) is 1.74. The Kier molecular flexibility index (Phi) is 5.41. The highest BCUT2D eigenvalue weighted by atomic mass is 35.5. The summed E-state index contributed by atoms with van der Waals surface area (Å²) in [6.07, 6.45) is 6.93. The Balaban J connectivity index is 1.34. The van der Waals surface area contributed by atoms with Crippen LogP contribution in [0.1, 0.15) is 51.9 Å². The van der Waals surface area contributed by atoms with Crippen molar-refractivity contribution >= 4 is 46.4 Å². The van der Waals surface area contributed by atoms with Gasteiger partial charge in [0.15, 0.2) is 0 Å². The van der Waals surface area contributed by atoms with Gasteiger partial charge >= 0.3 is 0 Å². The summed E-state index contributed by atoms with van der Waals surface area (Å²) in [6, 6.07) is 4.89. The van der Waals surface area contributed by atoms with Crippen LogP contribution in [0.25, 0.3) is 0 Å². The summed E-state index contributed by atoms with van der Waals surface area (Å²) >= 11 is 12.0. The highest BCUT2D eigenvalue weighted by Crippen LogP contribution is 2.60. The van der Waals surface area contributed by atoms with Crippen LogP contribution in [0.15, 0.2) is 23.3 Å². The molecule has 5 rings (SSSR count). The van der Waals surface area contributed by atoms with Gasteiger partial charge in [-0.3, -0.25) is 9.59 Å². The molecule has 0 unspecified atom stereocenters. The Morgan fingerprint density at radius 1 is 1.11 bits per heavy atom. The van der Waals surface area contributed by atoms with Crippen LogP contribution in [0.5, 0.6) is 0 Å². The molecule has 28 heavy (non-hydrogen) atoms. The van der Waals surface area contributed by atoms with E-state index in [9.17, 15) is 9.59 Å². The van der Waals surface area contributed by atoms with Gasteiger partial charge in [0.05, 0.1) is 22.5 Å². The number of hydrazone groups is 1. The van der Waals surface area contributed by atoms with Gasteiger partial charge in [-0.1, -0.05) is 23.2 Å². The molecule has 0 spiro atoms. The monoisotopic (exact) mass is 421 g/mol. The molecule has 0 atom stereocenters. The van der Waals surface area contributed by atoms with E-state index in [0.29, 0.717) is 39.2 Å². The number of benzene rings is 1. The molecule has 4 fully saturated rings. The Bertz CT molecular complexity index is 802. The van der Waals surface area contributed by atoms with E-state index in [-0.39, 0.29) is 23.7 Å². The second-order valence-electron chi connectivity index (χ2n) is 8.84. The third-order valence-electron chi connectivity index (χ3n) is 6.49. The largest absolute Gasteiger partial charge is 0.324 e. The highest BCUT2D eigenvalue weighted by Gasteiger charge is 2.54. The van der Waals surface area contributed by atoms with Crippen molar-refractivity contribution in [1.29, 1.82) is 0 Å². The molecule has 4 aliphatic carbocycles. The fourth-order valence-corrected chi connectivity index (χ4v) is 6.05. The van der Waals surface area contributed by atoms with Gasteiger partial charge in [0.1, 0.15) is 0 Å². The Morgan fingerprint density at radius 3 is 2.32 bits per heavy atom. The van der Waals surface area contributed by atoms with Gasteiger partial charge < -0.3 is 5.32 Å². The van der Waals surface area contributed by atoms with Crippen molar-refractivity contribution in [3.8, 4) is 0 Å². The second kappa shape index (κ2) is 7.68. The van der Waals surface area contributed by atoms with Crippen molar-refractivity contribution < 1.29 is 9.59 Å². The molecule has 2 amide bonds. The van der Waals surface area contributed by atoms with Crippen molar-refractivity contribution in [2.75, 3.05) is 5.32 Å². The van der Waals surface area contributed by atoms with Crippen LogP contribution in [0.2, 0.25) is 10.0 Å². The normalized spacial score (nSPS) is 31.0. The van der Waals surface area contributed by atoms with Crippen molar-refractivity contribution in [2.24, 2.45) is 28.3 Å². The van der Waals surface area contributed by atoms with E-state index in [1.807, 2.05) is 0 Å².